The fourth-order valence-electron chi connectivity index (χ4n) is 1.41. The van der Waals surface area contributed by atoms with Crippen LogP contribution in [0.1, 0.15) is 26.3 Å². The summed E-state index contributed by atoms with van der Waals surface area (Å²) in [5.41, 5.74) is 0.130. The van der Waals surface area contributed by atoms with Gasteiger partial charge in [0.25, 0.3) is 0 Å². The third kappa shape index (κ3) is 2.49. The number of benzene rings is 1. The van der Waals surface area contributed by atoms with Crippen molar-refractivity contribution in [2.24, 2.45) is 5.14 Å². The summed E-state index contributed by atoms with van der Waals surface area (Å²) in [6, 6.07) is 4.57. The van der Waals surface area contributed by atoms with Crippen molar-refractivity contribution in [2.45, 2.75) is 31.1 Å². The number of primary sulfonamides is 1. The van der Waals surface area contributed by atoms with Crippen molar-refractivity contribution in [3.8, 4) is 5.75 Å². The minimum Gasteiger partial charge on any atom is -0.507 e. The minimum absolute atomic E-state index is 0.183. The molecule has 0 aliphatic carbocycles. The number of phenols is 1. The summed E-state index contributed by atoms with van der Waals surface area (Å²) in [7, 11) is -3.90. The third-order valence-corrected chi connectivity index (χ3v) is 3.08. The molecular weight excluding hydrogens is 214 g/mol. The second-order valence-corrected chi connectivity index (χ2v) is 5.95. The Morgan fingerprint density at radius 1 is 1.27 bits per heavy atom. The average Bonchev–Trinajstić information content (AvgIpc) is 1.99. The first-order valence-electron chi connectivity index (χ1n) is 4.49. The van der Waals surface area contributed by atoms with Crippen LogP contribution in [0.5, 0.6) is 5.75 Å². The van der Waals surface area contributed by atoms with Crippen molar-refractivity contribution >= 4 is 10.0 Å². The first kappa shape index (κ1) is 12.0. The van der Waals surface area contributed by atoms with Crippen molar-refractivity contribution in [3.05, 3.63) is 23.8 Å². The van der Waals surface area contributed by atoms with Crippen molar-refractivity contribution in [1.29, 1.82) is 0 Å². The van der Waals surface area contributed by atoms with Crippen LogP contribution in [-0.2, 0) is 15.4 Å². The van der Waals surface area contributed by atoms with Crippen LogP contribution in [0.3, 0.4) is 0 Å². The van der Waals surface area contributed by atoms with E-state index in [1.807, 2.05) is 20.8 Å². The smallest absolute Gasteiger partial charge is 0.242 e. The van der Waals surface area contributed by atoms with Crippen LogP contribution in [0.15, 0.2) is 23.1 Å². The summed E-state index contributed by atoms with van der Waals surface area (Å²) in [6.45, 7) is 5.57. The molecule has 0 aliphatic rings. The van der Waals surface area contributed by atoms with Gasteiger partial charge in [-0.2, -0.15) is 0 Å². The van der Waals surface area contributed by atoms with E-state index < -0.39 is 10.0 Å². The number of hydrogen-bond donors (Lipinski definition) is 2. The van der Waals surface area contributed by atoms with Crippen molar-refractivity contribution < 1.29 is 13.5 Å². The summed E-state index contributed by atoms with van der Waals surface area (Å²) >= 11 is 0. The first-order valence-corrected chi connectivity index (χ1v) is 6.04. The highest BCUT2D eigenvalue weighted by Gasteiger charge is 2.26. The summed E-state index contributed by atoms with van der Waals surface area (Å²) in [5, 5.41) is 14.6. The molecule has 1 aromatic carbocycles. The lowest BCUT2D eigenvalue weighted by atomic mass is 9.87. The van der Waals surface area contributed by atoms with Gasteiger partial charge in [-0.25, -0.2) is 13.6 Å². The van der Waals surface area contributed by atoms with E-state index in [0.29, 0.717) is 5.56 Å². The van der Waals surface area contributed by atoms with E-state index in [0.717, 1.165) is 0 Å². The van der Waals surface area contributed by atoms with Crippen LogP contribution >= 0.6 is 0 Å². The van der Waals surface area contributed by atoms with Gasteiger partial charge in [0.1, 0.15) is 10.6 Å². The normalized spacial score (nSPS) is 12.8. The van der Waals surface area contributed by atoms with Gasteiger partial charge < -0.3 is 5.11 Å². The molecule has 1 aromatic rings. The molecule has 3 N–H and O–H groups in total. The van der Waals surface area contributed by atoms with Gasteiger partial charge in [0.15, 0.2) is 0 Å². The Bertz CT molecular complexity index is 472. The van der Waals surface area contributed by atoms with Gasteiger partial charge in [-0.1, -0.05) is 32.9 Å². The van der Waals surface area contributed by atoms with E-state index in [1.54, 1.807) is 12.1 Å². The summed E-state index contributed by atoms with van der Waals surface area (Å²) < 4.78 is 22.7. The lowest BCUT2D eigenvalue weighted by molar-refractivity contribution is 0.449. The molecule has 0 fully saturated rings. The predicted octanol–water partition coefficient (Wildman–Crippen LogP) is 1.34. The van der Waals surface area contributed by atoms with Gasteiger partial charge in [-0.3, -0.25) is 0 Å². The molecule has 0 aromatic heterocycles. The predicted molar refractivity (Wildman–Crippen MR) is 58.2 cm³/mol. The number of aromatic hydroxyl groups is 1. The zero-order chi connectivity index (χ0) is 11.9. The summed E-state index contributed by atoms with van der Waals surface area (Å²) in [5.74, 6) is -0.301. The summed E-state index contributed by atoms with van der Waals surface area (Å²) in [6.07, 6.45) is 0. The molecule has 0 spiro atoms. The number of phenolic OH excluding ortho intramolecular Hbond substituents is 1. The number of hydrogen-bond acceptors (Lipinski definition) is 3. The largest absolute Gasteiger partial charge is 0.507 e. The topological polar surface area (TPSA) is 80.4 Å². The van der Waals surface area contributed by atoms with E-state index in [2.05, 4.69) is 0 Å². The van der Waals surface area contributed by atoms with Gasteiger partial charge >= 0.3 is 0 Å². The van der Waals surface area contributed by atoms with Crippen LogP contribution in [-0.4, -0.2) is 13.5 Å². The molecule has 0 saturated heterocycles. The lowest BCUT2D eigenvalue weighted by Crippen LogP contribution is -2.21. The monoisotopic (exact) mass is 229 g/mol. The van der Waals surface area contributed by atoms with Crippen LogP contribution in [0, 0.1) is 0 Å². The van der Waals surface area contributed by atoms with E-state index >= 15 is 0 Å². The molecule has 0 bridgehead atoms. The lowest BCUT2D eigenvalue weighted by Gasteiger charge is -2.22. The fraction of sp³-hybridized carbons (Fsp3) is 0.400. The zero-order valence-corrected chi connectivity index (χ0v) is 9.80. The molecule has 15 heavy (non-hydrogen) atoms. The highest BCUT2D eigenvalue weighted by Crippen LogP contribution is 2.33. The maximum absolute atomic E-state index is 11.3. The Balaban J connectivity index is 3.63. The van der Waals surface area contributed by atoms with E-state index in [4.69, 9.17) is 5.14 Å². The molecular formula is C10H15NO3S. The Morgan fingerprint density at radius 3 is 2.13 bits per heavy atom. The minimum atomic E-state index is -3.90. The maximum atomic E-state index is 11.3. The Hall–Kier alpha value is -1.07. The highest BCUT2D eigenvalue weighted by atomic mass is 32.2. The molecule has 0 atom stereocenters. The Labute approximate surface area is 89.8 Å². The van der Waals surface area contributed by atoms with Crippen LogP contribution < -0.4 is 5.14 Å². The third-order valence-electron chi connectivity index (χ3n) is 2.09. The number of rotatable bonds is 1. The Kier molecular flexibility index (Phi) is 2.80. The van der Waals surface area contributed by atoms with Crippen molar-refractivity contribution in [3.63, 3.8) is 0 Å². The second kappa shape index (κ2) is 3.50. The molecule has 4 nitrogen and oxygen atoms in total. The number of sulfonamides is 1. The van der Waals surface area contributed by atoms with Gasteiger partial charge in [-0.05, 0) is 17.0 Å². The van der Waals surface area contributed by atoms with E-state index in [1.165, 1.54) is 6.07 Å². The second-order valence-electron chi connectivity index (χ2n) is 4.45. The molecule has 0 unspecified atom stereocenters. The number of nitrogens with two attached hydrogens (primary N) is 1. The Morgan fingerprint density at radius 2 is 1.80 bits per heavy atom. The van der Waals surface area contributed by atoms with Crippen molar-refractivity contribution in [2.75, 3.05) is 0 Å². The molecule has 0 saturated carbocycles. The molecule has 0 heterocycles. The standard InChI is InChI=1S/C10H15NO3S/c1-10(2,3)7-5-4-6-8(12)9(7)15(11,13)14/h4-6,12H,1-3H3,(H2,11,13,14). The van der Waals surface area contributed by atoms with Gasteiger partial charge in [0.05, 0.1) is 0 Å². The van der Waals surface area contributed by atoms with E-state index in [-0.39, 0.29) is 16.1 Å². The maximum Gasteiger partial charge on any atom is 0.242 e. The highest BCUT2D eigenvalue weighted by molar-refractivity contribution is 7.89. The molecule has 0 amide bonds. The molecule has 84 valence electrons. The van der Waals surface area contributed by atoms with Crippen LogP contribution in [0.4, 0.5) is 0 Å². The van der Waals surface area contributed by atoms with Gasteiger partial charge in [0, 0.05) is 0 Å². The van der Waals surface area contributed by atoms with Gasteiger partial charge in [-0.15, -0.1) is 0 Å². The molecule has 0 aliphatic heterocycles. The zero-order valence-electron chi connectivity index (χ0n) is 8.98. The van der Waals surface area contributed by atoms with Crippen LogP contribution in [0.25, 0.3) is 0 Å². The molecule has 5 heteroatoms. The van der Waals surface area contributed by atoms with Crippen LogP contribution in [0.2, 0.25) is 0 Å². The molecule has 0 radical (unpaired) electrons. The average molecular weight is 229 g/mol. The van der Waals surface area contributed by atoms with E-state index in [9.17, 15) is 13.5 Å². The SMILES string of the molecule is CC(C)(C)c1cccc(O)c1S(N)(=O)=O. The molecule has 1 rings (SSSR count). The first-order chi connectivity index (χ1) is 6.64. The van der Waals surface area contributed by atoms with Gasteiger partial charge in [0.2, 0.25) is 10.0 Å². The summed E-state index contributed by atoms with van der Waals surface area (Å²) in [4.78, 5) is -0.183. The quantitative estimate of drug-likeness (QED) is 0.762. The van der Waals surface area contributed by atoms with Crippen molar-refractivity contribution in [1.82, 2.24) is 0 Å². The fourth-order valence-corrected chi connectivity index (χ4v) is 2.45.